The molecule has 1 aliphatic rings. The molecule has 0 bridgehead atoms. The molecule has 0 saturated heterocycles. The van der Waals surface area contributed by atoms with Crippen molar-refractivity contribution in [3.8, 4) is 0 Å². The third-order valence-electron chi connectivity index (χ3n) is 1.99. The van der Waals surface area contributed by atoms with Crippen molar-refractivity contribution in [2.24, 2.45) is 0 Å². The molecule has 0 fully saturated rings. The molecule has 0 radical (unpaired) electrons. The van der Waals surface area contributed by atoms with E-state index in [1.54, 1.807) is 0 Å². The molecule has 78 valence electrons. The van der Waals surface area contributed by atoms with Crippen molar-refractivity contribution in [1.29, 1.82) is 0 Å². The smallest absolute Gasteiger partial charge is 0.290 e. The summed E-state index contributed by atoms with van der Waals surface area (Å²) in [5.74, 6) is -0.0257. The van der Waals surface area contributed by atoms with Gasteiger partial charge in [-0.25, -0.2) is 0 Å². The van der Waals surface area contributed by atoms with Crippen LogP contribution >= 0.6 is 0 Å². The highest BCUT2D eigenvalue weighted by molar-refractivity contribution is 5.91. The van der Waals surface area contributed by atoms with Crippen LogP contribution in [-0.2, 0) is 20.8 Å². The number of rotatable bonds is 3. The Balaban J connectivity index is 1.86. The van der Waals surface area contributed by atoms with Crippen LogP contribution in [0.2, 0.25) is 0 Å². The van der Waals surface area contributed by atoms with Gasteiger partial charge in [0, 0.05) is 6.54 Å². The van der Waals surface area contributed by atoms with Gasteiger partial charge in [-0.05, 0) is 5.56 Å². The molecule has 0 aliphatic carbocycles. The van der Waals surface area contributed by atoms with E-state index in [2.05, 4.69) is 5.32 Å². The van der Waals surface area contributed by atoms with Gasteiger partial charge in [-0.1, -0.05) is 30.3 Å². The van der Waals surface area contributed by atoms with Crippen molar-refractivity contribution in [3.05, 3.63) is 47.9 Å². The summed E-state index contributed by atoms with van der Waals surface area (Å²) >= 11 is 0. The van der Waals surface area contributed by atoms with Crippen molar-refractivity contribution in [3.63, 3.8) is 0 Å². The highest BCUT2D eigenvalue weighted by Gasteiger charge is 2.15. The van der Waals surface area contributed by atoms with Gasteiger partial charge < -0.3 is 14.8 Å². The Morgan fingerprint density at radius 1 is 1.33 bits per heavy atom. The molecule has 4 heteroatoms. The zero-order chi connectivity index (χ0) is 10.5. The fraction of sp³-hybridized carbons (Fsp3) is 0.182. The van der Waals surface area contributed by atoms with E-state index in [-0.39, 0.29) is 18.5 Å². The number of hydrogen-bond donors (Lipinski definition) is 1. The maximum Gasteiger partial charge on any atom is 0.290 e. The van der Waals surface area contributed by atoms with Crippen LogP contribution in [0.25, 0.3) is 0 Å². The minimum Gasteiger partial charge on any atom is -0.461 e. The standard InChI is InChI=1S/C11H11NO3/c13-11(10-7-14-8-15-10)12-6-9-4-2-1-3-5-9/h1-5,7H,6,8H2,(H,12,13). The van der Waals surface area contributed by atoms with Crippen LogP contribution in [0.5, 0.6) is 0 Å². The third kappa shape index (κ3) is 2.49. The average molecular weight is 205 g/mol. The molecule has 0 saturated carbocycles. The van der Waals surface area contributed by atoms with Gasteiger partial charge in [0.15, 0.2) is 0 Å². The molecule has 0 unspecified atom stereocenters. The number of nitrogens with one attached hydrogen (secondary N) is 1. The molecule has 0 atom stereocenters. The molecule has 1 heterocycles. The summed E-state index contributed by atoms with van der Waals surface area (Å²) in [6.07, 6.45) is 1.32. The molecule has 1 aromatic rings. The summed E-state index contributed by atoms with van der Waals surface area (Å²) < 4.78 is 9.72. The highest BCUT2D eigenvalue weighted by Crippen LogP contribution is 2.06. The van der Waals surface area contributed by atoms with Gasteiger partial charge in [0.25, 0.3) is 5.91 Å². The van der Waals surface area contributed by atoms with Gasteiger partial charge in [-0.3, -0.25) is 4.79 Å². The van der Waals surface area contributed by atoms with Crippen molar-refractivity contribution in [1.82, 2.24) is 5.32 Å². The van der Waals surface area contributed by atoms with Gasteiger partial charge in [-0.2, -0.15) is 0 Å². The molecular weight excluding hydrogens is 194 g/mol. The number of amides is 1. The van der Waals surface area contributed by atoms with Gasteiger partial charge in [0.05, 0.1) is 0 Å². The Morgan fingerprint density at radius 2 is 2.13 bits per heavy atom. The molecule has 1 aromatic carbocycles. The van der Waals surface area contributed by atoms with E-state index in [4.69, 9.17) is 9.47 Å². The number of carbonyl (C=O) groups is 1. The van der Waals surface area contributed by atoms with Crippen molar-refractivity contribution in [2.75, 3.05) is 6.79 Å². The summed E-state index contributed by atoms with van der Waals surface area (Å²) in [6, 6.07) is 9.68. The lowest BCUT2D eigenvalue weighted by Crippen LogP contribution is -2.24. The van der Waals surface area contributed by atoms with Gasteiger partial charge in [0.1, 0.15) is 6.26 Å². The summed E-state index contributed by atoms with van der Waals surface area (Å²) in [7, 11) is 0. The molecule has 1 aliphatic heterocycles. The lowest BCUT2D eigenvalue weighted by molar-refractivity contribution is -0.121. The van der Waals surface area contributed by atoms with Crippen LogP contribution in [0.1, 0.15) is 5.56 Å². The van der Waals surface area contributed by atoms with Crippen molar-refractivity contribution >= 4 is 5.91 Å². The predicted octanol–water partition coefficient (Wildman–Crippen LogP) is 1.15. The quantitative estimate of drug-likeness (QED) is 0.805. The molecule has 1 amide bonds. The van der Waals surface area contributed by atoms with E-state index >= 15 is 0 Å². The summed E-state index contributed by atoms with van der Waals surface area (Å²) in [6.45, 7) is 0.606. The van der Waals surface area contributed by atoms with Crippen molar-refractivity contribution in [2.45, 2.75) is 6.54 Å². The molecule has 4 nitrogen and oxygen atoms in total. The number of ether oxygens (including phenoxy) is 2. The van der Waals surface area contributed by atoms with Gasteiger partial charge in [0.2, 0.25) is 12.6 Å². The molecule has 0 spiro atoms. The van der Waals surface area contributed by atoms with Crippen LogP contribution in [0.15, 0.2) is 42.4 Å². The molecule has 15 heavy (non-hydrogen) atoms. The minimum absolute atomic E-state index is 0.119. The zero-order valence-corrected chi connectivity index (χ0v) is 8.10. The van der Waals surface area contributed by atoms with E-state index in [9.17, 15) is 4.79 Å². The second kappa shape index (κ2) is 4.50. The topological polar surface area (TPSA) is 47.6 Å². The molecular formula is C11H11NO3. The Morgan fingerprint density at radius 3 is 2.80 bits per heavy atom. The Kier molecular flexibility index (Phi) is 2.88. The lowest BCUT2D eigenvalue weighted by atomic mass is 10.2. The van der Waals surface area contributed by atoms with E-state index in [1.165, 1.54) is 6.26 Å². The highest BCUT2D eigenvalue weighted by atomic mass is 16.7. The zero-order valence-electron chi connectivity index (χ0n) is 8.10. The summed E-state index contributed by atoms with van der Waals surface area (Å²) in [5.41, 5.74) is 1.05. The van der Waals surface area contributed by atoms with Crippen LogP contribution in [0.3, 0.4) is 0 Å². The molecule has 1 N–H and O–H groups in total. The molecule has 0 aromatic heterocycles. The van der Waals surface area contributed by atoms with Crippen molar-refractivity contribution < 1.29 is 14.3 Å². The normalized spacial score (nSPS) is 13.7. The lowest BCUT2D eigenvalue weighted by Gasteiger charge is -2.04. The van der Waals surface area contributed by atoms with Crippen LogP contribution < -0.4 is 5.32 Å². The summed E-state index contributed by atoms with van der Waals surface area (Å²) in [4.78, 5) is 11.4. The number of hydrogen-bond acceptors (Lipinski definition) is 3. The maximum atomic E-state index is 11.4. The Bertz CT molecular complexity index is 373. The SMILES string of the molecule is O=C(NCc1ccccc1)C1=COCO1. The largest absolute Gasteiger partial charge is 0.461 e. The first kappa shape index (κ1) is 9.58. The first-order valence-corrected chi connectivity index (χ1v) is 4.63. The van der Waals surface area contributed by atoms with Gasteiger partial charge >= 0.3 is 0 Å². The van der Waals surface area contributed by atoms with E-state index in [1.807, 2.05) is 30.3 Å². The number of carbonyl (C=O) groups excluding carboxylic acids is 1. The Hall–Kier alpha value is -1.97. The summed E-state index contributed by atoms with van der Waals surface area (Å²) in [5, 5.41) is 2.73. The second-order valence-electron chi connectivity index (χ2n) is 3.08. The average Bonchev–Trinajstić information content (AvgIpc) is 2.81. The van der Waals surface area contributed by atoms with Crippen LogP contribution in [-0.4, -0.2) is 12.7 Å². The molecule has 2 rings (SSSR count). The fourth-order valence-corrected chi connectivity index (χ4v) is 1.23. The Labute approximate surface area is 87.5 Å². The van der Waals surface area contributed by atoms with Gasteiger partial charge in [-0.15, -0.1) is 0 Å². The number of benzene rings is 1. The van der Waals surface area contributed by atoms with Crippen LogP contribution in [0, 0.1) is 0 Å². The van der Waals surface area contributed by atoms with E-state index < -0.39 is 0 Å². The fourth-order valence-electron chi connectivity index (χ4n) is 1.23. The minimum atomic E-state index is -0.253. The second-order valence-corrected chi connectivity index (χ2v) is 3.08. The third-order valence-corrected chi connectivity index (χ3v) is 1.99. The first-order valence-electron chi connectivity index (χ1n) is 4.63. The van der Waals surface area contributed by atoms with E-state index in [0.29, 0.717) is 6.54 Å². The van der Waals surface area contributed by atoms with E-state index in [0.717, 1.165) is 5.56 Å². The first-order chi connectivity index (χ1) is 7.36. The van der Waals surface area contributed by atoms with Crippen LogP contribution in [0.4, 0.5) is 0 Å². The maximum absolute atomic E-state index is 11.4. The monoisotopic (exact) mass is 205 g/mol. The predicted molar refractivity (Wildman–Crippen MR) is 53.4 cm³/mol.